The molecule has 0 aliphatic heterocycles. The molecule has 0 aliphatic carbocycles. The number of nitrogens with zero attached hydrogens (tertiary/aromatic N) is 1. The third kappa shape index (κ3) is 3.21. The van der Waals surface area contributed by atoms with Crippen LogP contribution in [-0.4, -0.2) is 19.8 Å². The molecule has 0 aromatic rings. The average Bonchev–Trinajstić information content (AvgIpc) is 1.83. The van der Waals surface area contributed by atoms with Gasteiger partial charge in [-0.1, -0.05) is 13.8 Å². The van der Waals surface area contributed by atoms with Crippen molar-refractivity contribution in [2.24, 2.45) is 10.3 Å². The molecule has 0 bridgehead atoms. The maximum atomic E-state index is 11.6. The molecule has 0 saturated heterocycles. The highest BCUT2D eigenvalue weighted by Gasteiger charge is 2.45. The molecule has 0 unspecified atom stereocenters. The van der Waals surface area contributed by atoms with Gasteiger partial charge in [0.1, 0.15) is 0 Å². The molecule has 0 rings (SSSR count). The van der Waals surface area contributed by atoms with Crippen LogP contribution in [0, 0.1) is 5.92 Å². The maximum absolute atomic E-state index is 11.6. The van der Waals surface area contributed by atoms with E-state index in [0.717, 1.165) is 0 Å². The van der Waals surface area contributed by atoms with Crippen LogP contribution >= 0.6 is 0 Å². The van der Waals surface area contributed by atoms with Crippen LogP contribution in [0.4, 0.5) is 13.2 Å². The Labute approximate surface area is 73.1 Å². The van der Waals surface area contributed by atoms with Crippen molar-refractivity contribution < 1.29 is 26.7 Å². The van der Waals surface area contributed by atoms with Crippen molar-refractivity contribution in [1.82, 2.24) is 0 Å². The lowest BCUT2D eigenvalue weighted by Crippen LogP contribution is -2.29. The van der Waals surface area contributed by atoms with E-state index in [-0.39, 0.29) is 0 Å². The van der Waals surface area contributed by atoms with Crippen molar-refractivity contribution >= 4 is 15.9 Å². The second-order valence-electron chi connectivity index (χ2n) is 2.51. The Morgan fingerprint density at radius 2 is 1.77 bits per heavy atom. The summed E-state index contributed by atoms with van der Waals surface area (Å²) in [6, 6.07) is 0. The molecule has 0 fully saturated rings. The van der Waals surface area contributed by atoms with E-state index in [9.17, 15) is 26.7 Å². The molecule has 0 aromatic heterocycles. The van der Waals surface area contributed by atoms with E-state index in [1.165, 1.54) is 13.8 Å². The van der Waals surface area contributed by atoms with Crippen LogP contribution in [0.2, 0.25) is 0 Å². The standard InChI is InChI=1S/C5H8F3NO3S/c1-3(2)4(10)9-13(11,12)5(6,7)8/h3H,1-2H3,(H,9,10)/p-1. The SMILES string of the molecule is CC(C)/C([O-])=N/S(=O)(=O)C(F)(F)F. The van der Waals surface area contributed by atoms with Gasteiger partial charge in [-0.3, -0.25) is 0 Å². The van der Waals surface area contributed by atoms with E-state index in [1.54, 1.807) is 0 Å². The molecule has 0 heterocycles. The molecule has 0 atom stereocenters. The van der Waals surface area contributed by atoms with Crippen LogP contribution in [-0.2, 0) is 10.0 Å². The Hall–Kier alpha value is -0.790. The second kappa shape index (κ2) is 3.52. The number of alkyl halides is 3. The predicted molar refractivity (Wildman–Crippen MR) is 37.2 cm³/mol. The first-order chi connectivity index (χ1) is 5.58. The molecule has 0 saturated carbocycles. The molecular formula is C5H7F3NO3S-. The summed E-state index contributed by atoms with van der Waals surface area (Å²) in [7, 11) is -5.67. The van der Waals surface area contributed by atoms with Crippen LogP contribution in [0.25, 0.3) is 0 Å². The van der Waals surface area contributed by atoms with Gasteiger partial charge >= 0.3 is 15.5 Å². The lowest BCUT2D eigenvalue weighted by Gasteiger charge is -2.14. The van der Waals surface area contributed by atoms with E-state index >= 15 is 0 Å². The lowest BCUT2D eigenvalue weighted by atomic mass is 10.2. The smallest absolute Gasteiger partial charge is 0.518 e. The zero-order valence-electron chi connectivity index (χ0n) is 6.79. The quantitative estimate of drug-likeness (QED) is 0.492. The normalized spacial score (nSPS) is 15.1. The van der Waals surface area contributed by atoms with Crippen molar-refractivity contribution in [3.8, 4) is 0 Å². The van der Waals surface area contributed by atoms with E-state index in [0.29, 0.717) is 0 Å². The third-order valence-electron chi connectivity index (χ3n) is 0.997. The van der Waals surface area contributed by atoms with Gasteiger partial charge in [0.15, 0.2) is 0 Å². The summed E-state index contributed by atoms with van der Waals surface area (Å²) in [5.74, 6) is -2.19. The average molecular weight is 218 g/mol. The highest BCUT2D eigenvalue weighted by atomic mass is 32.2. The fourth-order valence-electron chi connectivity index (χ4n) is 0.276. The van der Waals surface area contributed by atoms with Gasteiger partial charge in [0.25, 0.3) is 0 Å². The molecule has 78 valence electrons. The Morgan fingerprint density at radius 3 is 2.00 bits per heavy atom. The van der Waals surface area contributed by atoms with E-state index < -0.39 is 27.3 Å². The minimum Gasteiger partial charge on any atom is -0.861 e. The number of halogens is 3. The maximum Gasteiger partial charge on any atom is 0.518 e. The summed E-state index contributed by atoms with van der Waals surface area (Å²) in [6.07, 6.45) is 0. The number of hydrogen-bond acceptors (Lipinski definition) is 3. The van der Waals surface area contributed by atoms with Crippen LogP contribution in [0.5, 0.6) is 0 Å². The summed E-state index contributed by atoms with van der Waals surface area (Å²) < 4.78 is 57.5. The van der Waals surface area contributed by atoms with E-state index in [1.807, 2.05) is 0 Å². The zero-order chi connectivity index (χ0) is 10.9. The van der Waals surface area contributed by atoms with Crippen molar-refractivity contribution in [2.75, 3.05) is 0 Å². The molecule has 0 aromatic carbocycles. The van der Waals surface area contributed by atoms with E-state index in [2.05, 4.69) is 4.40 Å². The first-order valence-electron chi connectivity index (χ1n) is 3.16. The van der Waals surface area contributed by atoms with Gasteiger partial charge in [-0.25, -0.2) is 0 Å². The van der Waals surface area contributed by atoms with Gasteiger partial charge in [0.2, 0.25) is 0 Å². The summed E-state index contributed by atoms with van der Waals surface area (Å²) in [4.78, 5) is 0. The Morgan fingerprint density at radius 1 is 1.38 bits per heavy atom. The fraction of sp³-hybridized carbons (Fsp3) is 0.800. The molecule has 0 spiro atoms. The predicted octanol–water partition coefficient (Wildman–Crippen LogP) is 0.251. The van der Waals surface area contributed by atoms with Crippen molar-refractivity contribution in [3.05, 3.63) is 0 Å². The lowest BCUT2D eigenvalue weighted by molar-refractivity contribution is -0.222. The van der Waals surface area contributed by atoms with Gasteiger partial charge in [-0.05, 0) is 11.8 Å². The molecular weight excluding hydrogens is 211 g/mol. The minimum absolute atomic E-state index is 0.878. The number of rotatable bonds is 2. The Balaban J connectivity index is 5.03. The molecule has 13 heavy (non-hydrogen) atoms. The Bertz CT molecular complexity index is 303. The minimum atomic E-state index is -5.67. The topological polar surface area (TPSA) is 69.6 Å². The van der Waals surface area contributed by atoms with Crippen molar-refractivity contribution in [2.45, 2.75) is 19.4 Å². The summed E-state index contributed by atoms with van der Waals surface area (Å²) >= 11 is 0. The highest BCUT2D eigenvalue weighted by molar-refractivity contribution is 7.91. The van der Waals surface area contributed by atoms with Crippen LogP contribution < -0.4 is 5.11 Å². The van der Waals surface area contributed by atoms with Gasteiger partial charge in [0.05, 0.1) is 0 Å². The van der Waals surface area contributed by atoms with Crippen LogP contribution in [0.1, 0.15) is 13.8 Å². The summed E-state index contributed by atoms with van der Waals surface area (Å²) in [5, 5.41) is 10.6. The van der Waals surface area contributed by atoms with Crippen molar-refractivity contribution in [3.63, 3.8) is 0 Å². The largest absolute Gasteiger partial charge is 0.861 e. The highest BCUT2D eigenvalue weighted by Crippen LogP contribution is 2.24. The molecule has 0 aliphatic rings. The van der Waals surface area contributed by atoms with Gasteiger partial charge in [0, 0.05) is 0 Å². The first kappa shape index (κ1) is 12.2. The summed E-state index contributed by atoms with van der Waals surface area (Å²) in [5.41, 5.74) is -5.50. The number of hydrogen-bond donors (Lipinski definition) is 0. The number of sulfonamides is 1. The molecule has 0 amide bonds. The second-order valence-corrected chi connectivity index (χ2v) is 4.10. The van der Waals surface area contributed by atoms with Gasteiger partial charge < -0.3 is 5.11 Å². The summed E-state index contributed by atoms with van der Waals surface area (Å²) in [6.45, 7) is 2.50. The van der Waals surface area contributed by atoms with Crippen LogP contribution in [0.15, 0.2) is 4.40 Å². The van der Waals surface area contributed by atoms with Gasteiger partial charge in [-0.2, -0.15) is 26.0 Å². The monoisotopic (exact) mass is 218 g/mol. The van der Waals surface area contributed by atoms with Crippen molar-refractivity contribution in [1.29, 1.82) is 0 Å². The van der Waals surface area contributed by atoms with E-state index in [4.69, 9.17) is 0 Å². The zero-order valence-corrected chi connectivity index (χ0v) is 7.61. The van der Waals surface area contributed by atoms with Crippen LogP contribution in [0.3, 0.4) is 0 Å². The Kier molecular flexibility index (Phi) is 3.31. The molecule has 8 heteroatoms. The molecule has 4 nitrogen and oxygen atoms in total. The fourth-order valence-corrected chi connectivity index (χ4v) is 0.827. The van der Waals surface area contributed by atoms with Gasteiger partial charge in [-0.15, -0.1) is 0 Å². The molecule has 0 N–H and O–H groups in total. The molecule has 0 radical (unpaired) electrons. The third-order valence-corrected chi connectivity index (χ3v) is 2.00. The first-order valence-corrected chi connectivity index (χ1v) is 4.60.